The average molecular weight is 284 g/mol. The first-order valence-corrected chi connectivity index (χ1v) is 8.13. The van der Waals surface area contributed by atoms with Crippen molar-refractivity contribution in [3.63, 3.8) is 0 Å². The number of rotatable bonds is 8. The molecule has 1 aliphatic rings. The second-order valence-corrected chi connectivity index (χ2v) is 5.99. The van der Waals surface area contributed by atoms with Crippen LogP contribution in [0.5, 0.6) is 0 Å². The molecule has 0 spiro atoms. The minimum atomic E-state index is -0.167. The molecule has 0 aliphatic heterocycles. The standard InChI is InChI=1S/C16H32N2O2/c1-5-13-7-9-14(10-8-13)18(3)12-11-15(17-6-2)16(19)20-4/h13-15,17H,5-12H2,1-4H3. The van der Waals surface area contributed by atoms with Gasteiger partial charge in [-0.25, -0.2) is 0 Å². The number of hydrogen-bond acceptors (Lipinski definition) is 4. The molecule has 0 saturated heterocycles. The molecule has 0 bridgehead atoms. The van der Waals surface area contributed by atoms with Crippen LogP contribution in [0.2, 0.25) is 0 Å². The molecule has 0 heterocycles. The van der Waals surface area contributed by atoms with Crippen LogP contribution in [0.15, 0.2) is 0 Å². The number of hydrogen-bond donors (Lipinski definition) is 1. The zero-order valence-electron chi connectivity index (χ0n) is 13.7. The van der Waals surface area contributed by atoms with E-state index in [4.69, 9.17) is 4.74 Å². The van der Waals surface area contributed by atoms with Crippen LogP contribution in [0.4, 0.5) is 0 Å². The molecule has 1 atom stereocenters. The molecular formula is C16H32N2O2. The molecule has 1 N–H and O–H groups in total. The zero-order chi connectivity index (χ0) is 15.0. The van der Waals surface area contributed by atoms with E-state index in [2.05, 4.69) is 24.2 Å². The summed E-state index contributed by atoms with van der Waals surface area (Å²) in [6.07, 6.45) is 7.47. The monoisotopic (exact) mass is 284 g/mol. The summed E-state index contributed by atoms with van der Waals surface area (Å²) >= 11 is 0. The van der Waals surface area contributed by atoms with E-state index in [1.165, 1.54) is 39.2 Å². The molecule has 0 amide bonds. The molecule has 1 rings (SSSR count). The summed E-state index contributed by atoms with van der Waals surface area (Å²) in [6.45, 7) is 6.07. The highest BCUT2D eigenvalue weighted by Crippen LogP contribution is 2.28. The molecule has 1 aliphatic carbocycles. The van der Waals surface area contributed by atoms with Crippen LogP contribution in [0.25, 0.3) is 0 Å². The molecule has 1 saturated carbocycles. The van der Waals surface area contributed by atoms with Crippen LogP contribution < -0.4 is 5.32 Å². The summed E-state index contributed by atoms with van der Waals surface area (Å²) in [6, 6.07) is 0.525. The number of carbonyl (C=O) groups excluding carboxylic acids is 1. The van der Waals surface area contributed by atoms with Gasteiger partial charge in [-0.15, -0.1) is 0 Å². The Morgan fingerprint density at radius 1 is 1.30 bits per heavy atom. The lowest BCUT2D eigenvalue weighted by Crippen LogP contribution is -2.42. The summed E-state index contributed by atoms with van der Waals surface area (Å²) in [7, 11) is 3.65. The van der Waals surface area contributed by atoms with Gasteiger partial charge in [0.1, 0.15) is 6.04 Å². The van der Waals surface area contributed by atoms with Crippen LogP contribution in [-0.2, 0) is 9.53 Å². The summed E-state index contributed by atoms with van der Waals surface area (Å²) in [4.78, 5) is 14.1. The molecule has 1 fully saturated rings. The maximum absolute atomic E-state index is 11.7. The highest BCUT2D eigenvalue weighted by atomic mass is 16.5. The molecule has 4 heteroatoms. The maximum Gasteiger partial charge on any atom is 0.322 e. The zero-order valence-corrected chi connectivity index (χ0v) is 13.7. The van der Waals surface area contributed by atoms with Crippen LogP contribution in [0.1, 0.15) is 52.4 Å². The van der Waals surface area contributed by atoms with Gasteiger partial charge >= 0.3 is 5.97 Å². The van der Waals surface area contributed by atoms with Crippen molar-refractivity contribution in [2.24, 2.45) is 5.92 Å². The van der Waals surface area contributed by atoms with E-state index >= 15 is 0 Å². The van der Waals surface area contributed by atoms with Gasteiger partial charge in [0, 0.05) is 12.6 Å². The Morgan fingerprint density at radius 2 is 1.95 bits per heavy atom. The summed E-state index contributed by atoms with van der Waals surface area (Å²) in [5.74, 6) is 0.791. The van der Waals surface area contributed by atoms with E-state index in [0.717, 1.165) is 25.4 Å². The van der Waals surface area contributed by atoms with Crippen molar-refractivity contribution in [1.29, 1.82) is 0 Å². The molecule has 1 unspecified atom stereocenters. The summed E-state index contributed by atoms with van der Waals surface area (Å²) in [5.41, 5.74) is 0. The fraction of sp³-hybridized carbons (Fsp3) is 0.938. The number of ether oxygens (including phenoxy) is 1. The number of esters is 1. The maximum atomic E-state index is 11.7. The van der Waals surface area contributed by atoms with Gasteiger partial charge in [0.2, 0.25) is 0 Å². The topological polar surface area (TPSA) is 41.6 Å². The molecule has 0 aromatic carbocycles. The minimum absolute atomic E-state index is 0.144. The van der Waals surface area contributed by atoms with Crippen molar-refractivity contribution in [3.05, 3.63) is 0 Å². The molecular weight excluding hydrogens is 252 g/mol. The van der Waals surface area contributed by atoms with Crippen LogP contribution >= 0.6 is 0 Å². The molecule has 20 heavy (non-hydrogen) atoms. The third-order valence-corrected chi connectivity index (χ3v) is 4.72. The second kappa shape index (κ2) is 9.35. The van der Waals surface area contributed by atoms with Crippen molar-refractivity contribution < 1.29 is 9.53 Å². The van der Waals surface area contributed by atoms with E-state index in [1.54, 1.807) is 0 Å². The molecule has 0 aromatic heterocycles. The third-order valence-electron chi connectivity index (χ3n) is 4.72. The number of nitrogens with zero attached hydrogens (tertiary/aromatic N) is 1. The van der Waals surface area contributed by atoms with Gasteiger partial charge in [-0.05, 0) is 51.6 Å². The molecule has 118 valence electrons. The van der Waals surface area contributed by atoms with Gasteiger partial charge in [-0.1, -0.05) is 20.3 Å². The molecule has 0 radical (unpaired) electrons. The number of carbonyl (C=O) groups is 1. The van der Waals surface area contributed by atoms with E-state index < -0.39 is 0 Å². The first-order valence-electron chi connectivity index (χ1n) is 8.13. The lowest BCUT2D eigenvalue weighted by atomic mass is 9.84. The SMILES string of the molecule is CCNC(CCN(C)C1CCC(CC)CC1)C(=O)OC. The van der Waals surface area contributed by atoms with Crippen molar-refractivity contribution in [2.75, 3.05) is 27.2 Å². The van der Waals surface area contributed by atoms with E-state index in [0.29, 0.717) is 6.04 Å². The van der Waals surface area contributed by atoms with Gasteiger partial charge < -0.3 is 15.0 Å². The van der Waals surface area contributed by atoms with Crippen molar-refractivity contribution >= 4 is 5.97 Å². The quantitative estimate of drug-likeness (QED) is 0.695. The first-order chi connectivity index (χ1) is 9.62. The smallest absolute Gasteiger partial charge is 0.322 e. The molecule has 0 aromatic rings. The van der Waals surface area contributed by atoms with E-state index in [-0.39, 0.29) is 12.0 Å². The normalized spacial score (nSPS) is 24.6. The van der Waals surface area contributed by atoms with E-state index in [1.807, 2.05) is 6.92 Å². The lowest BCUT2D eigenvalue weighted by Gasteiger charge is -2.35. The van der Waals surface area contributed by atoms with Crippen molar-refractivity contribution in [3.8, 4) is 0 Å². The summed E-state index contributed by atoms with van der Waals surface area (Å²) < 4.78 is 4.85. The van der Waals surface area contributed by atoms with Crippen LogP contribution in [0, 0.1) is 5.92 Å². The fourth-order valence-corrected chi connectivity index (χ4v) is 3.20. The van der Waals surface area contributed by atoms with Gasteiger partial charge in [0.15, 0.2) is 0 Å². The Labute approximate surface area is 124 Å². The lowest BCUT2D eigenvalue weighted by molar-refractivity contribution is -0.143. The predicted molar refractivity (Wildman–Crippen MR) is 82.8 cm³/mol. The second-order valence-electron chi connectivity index (χ2n) is 5.99. The van der Waals surface area contributed by atoms with Gasteiger partial charge in [-0.2, -0.15) is 0 Å². The summed E-state index contributed by atoms with van der Waals surface area (Å²) in [5, 5.41) is 3.21. The number of nitrogens with one attached hydrogen (secondary N) is 1. The Balaban J connectivity index is 2.34. The van der Waals surface area contributed by atoms with Crippen LogP contribution in [-0.4, -0.2) is 50.2 Å². The Hall–Kier alpha value is -0.610. The van der Waals surface area contributed by atoms with Gasteiger partial charge in [-0.3, -0.25) is 4.79 Å². The highest BCUT2D eigenvalue weighted by molar-refractivity contribution is 5.75. The van der Waals surface area contributed by atoms with Gasteiger partial charge in [0.05, 0.1) is 7.11 Å². The Bertz CT molecular complexity index is 276. The third kappa shape index (κ3) is 5.41. The first kappa shape index (κ1) is 17.4. The fourth-order valence-electron chi connectivity index (χ4n) is 3.20. The van der Waals surface area contributed by atoms with E-state index in [9.17, 15) is 4.79 Å². The largest absolute Gasteiger partial charge is 0.468 e. The average Bonchev–Trinajstić information content (AvgIpc) is 2.50. The molecule has 4 nitrogen and oxygen atoms in total. The van der Waals surface area contributed by atoms with Crippen LogP contribution in [0.3, 0.4) is 0 Å². The predicted octanol–water partition coefficient (Wildman–Crippen LogP) is 2.43. The Morgan fingerprint density at radius 3 is 2.45 bits per heavy atom. The number of methoxy groups -OCH3 is 1. The van der Waals surface area contributed by atoms with Gasteiger partial charge in [0.25, 0.3) is 0 Å². The number of likely N-dealkylation sites (N-methyl/N-ethyl adjacent to an activating group) is 1. The van der Waals surface area contributed by atoms with Crippen molar-refractivity contribution in [2.45, 2.75) is 64.5 Å². The minimum Gasteiger partial charge on any atom is -0.468 e. The Kier molecular flexibility index (Phi) is 8.15. The van der Waals surface area contributed by atoms with Crippen molar-refractivity contribution in [1.82, 2.24) is 10.2 Å². The highest BCUT2D eigenvalue weighted by Gasteiger charge is 2.24.